The summed E-state index contributed by atoms with van der Waals surface area (Å²) in [5.74, 6) is -0.0782. The van der Waals surface area contributed by atoms with Crippen molar-refractivity contribution >= 4 is 23.5 Å². The maximum Gasteiger partial charge on any atom is 0.306 e. The number of carbonyl (C=O) groups excluding carboxylic acids is 3. The summed E-state index contributed by atoms with van der Waals surface area (Å²) in [7, 11) is 1.25. The summed E-state index contributed by atoms with van der Waals surface area (Å²) in [6.07, 6.45) is -0.0455. The van der Waals surface area contributed by atoms with Crippen LogP contribution in [0.25, 0.3) is 0 Å². The molecule has 2 rings (SSSR count). The Bertz CT molecular complexity index is 587. The second kappa shape index (κ2) is 7.30. The van der Waals surface area contributed by atoms with Gasteiger partial charge in [0.15, 0.2) is 11.5 Å². The zero-order valence-corrected chi connectivity index (χ0v) is 12.0. The summed E-state index contributed by atoms with van der Waals surface area (Å²) < 4.78 is 14.8. The van der Waals surface area contributed by atoms with Crippen molar-refractivity contribution in [3.63, 3.8) is 0 Å². The number of methoxy groups -OCH3 is 1. The number of amides is 2. The molecule has 0 saturated carbocycles. The first kappa shape index (κ1) is 15.6. The van der Waals surface area contributed by atoms with Gasteiger partial charge in [0.1, 0.15) is 0 Å². The second-order valence-corrected chi connectivity index (χ2v) is 4.47. The number of esters is 1. The molecule has 0 unspecified atom stereocenters. The molecule has 22 heavy (non-hydrogen) atoms. The van der Waals surface area contributed by atoms with E-state index in [9.17, 15) is 14.4 Å². The van der Waals surface area contributed by atoms with E-state index >= 15 is 0 Å². The monoisotopic (exact) mass is 308 g/mol. The van der Waals surface area contributed by atoms with E-state index in [-0.39, 0.29) is 32.1 Å². The molecule has 0 fully saturated rings. The van der Waals surface area contributed by atoms with Gasteiger partial charge in [0, 0.05) is 18.2 Å². The predicted molar refractivity (Wildman–Crippen MR) is 75.5 cm³/mol. The Labute approximate surface area is 126 Å². The quantitative estimate of drug-likeness (QED) is 0.738. The fourth-order valence-electron chi connectivity index (χ4n) is 1.76. The van der Waals surface area contributed by atoms with Crippen molar-refractivity contribution in [2.75, 3.05) is 25.8 Å². The van der Waals surface area contributed by atoms with Gasteiger partial charge in [-0.25, -0.2) is 0 Å². The van der Waals surface area contributed by atoms with Crippen LogP contribution in [-0.4, -0.2) is 38.2 Å². The third kappa shape index (κ3) is 4.37. The molecule has 0 spiro atoms. The highest BCUT2D eigenvalue weighted by atomic mass is 16.7. The number of hydrogen-bond donors (Lipinski definition) is 2. The van der Waals surface area contributed by atoms with Crippen molar-refractivity contribution in [3.05, 3.63) is 18.2 Å². The summed E-state index contributed by atoms with van der Waals surface area (Å²) >= 11 is 0. The first-order valence-electron chi connectivity index (χ1n) is 6.61. The summed E-state index contributed by atoms with van der Waals surface area (Å²) in [5.41, 5.74) is 0.540. The van der Waals surface area contributed by atoms with Crippen LogP contribution < -0.4 is 20.1 Å². The Balaban J connectivity index is 1.74. The van der Waals surface area contributed by atoms with Gasteiger partial charge in [-0.3, -0.25) is 14.4 Å². The van der Waals surface area contributed by atoms with Crippen molar-refractivity contribution < 1.29 is 28.6 Å². The summed E-state index contributed by atoms with van der Waals surface area (Å²) in [6, 6.07) is 5.00. The van der Waals surface area contributed by atoms with Gasteiger partial charge in [0.25, 0.3) is 0 Å². The highest BCUT2D eigenvalue weighted by molar-refractivity contribution is 5.95. The van der Waals surface area contributed by atoms with Crippen LogP contribution in [0, 0.1) is 0 Å². The number of fused-ring (bicyclic) bond motifs is 1. The molecule has 1 heterocycles. The van der Waals surface area contributed by atoms with Crippen LogP contribution in [-0.2, 0) is 19.1 Å². The minimum Gasteiger partial charge on any atom is -0.469 e. The van der Waals surface area contributed by atoms with Crippen molar-refractivity contribution in [2.24, 2.45) is 0 Å². The lowest BCUT2D eigenvalue weighted by Crippen LogP contribution is -2.33. The molecule has 0 saturated heterocycles. The number of benzene rings is 1. The second-order valence-electron chi connectivity index (χ2n) is 4.47. The average molecular weight is 308 g/mol. The van der Waals surface area contributed by atoms with Gasteiger partial charge in [-0.1, -0.05) is 0 Å². The van der Waals surface area contributed by atoms with Crippen LogP contribution in [0.3, 0.4) is 0 Å². The molecular formula is C14H16N2O6. The van der Waals surface area contributed by atoms with Gasteiger partial charge in [-0.15, -0.1) is 0 Å². The van der Waals surface area contributed by atoms with E-state index < -0.39 is 11.9 Å². The lowest BCUT2D eigenvalue weighted by Gasteiger charge is -2.07. The molecule has 1 aromatic rings. The van der Waals surface area contributed by atoms with Gasteiger partial charge in [-0.2, -0.15) is 0 Å². The molecule has 8 nitrogen and oxygen atoms in total. The molecule has 2 N–H and O–H groups in total. The standard InChI is InChI=1S/C14H16N2O6/c1-20-14(19)5-4-12(17)15-7-13(18)16-9-2-3-10-11(6-9)22-8-21-10/h2-3,6H,4-5,7-8H2,1H3,(H,15,17)(H,16,18). The summed E-state index contributed by atoms with van der Waals surface area (Å²) in [5, 5.41) is 5.04. The van der Waals surface area contributed by atoms with Crippen LogP contribution >= 0.6 is 0 Å². The zero-order valence-electron chi connectivity index (χ0n) is 12.0. The molecular weight excluding hydrogens is 292 g/mol. The van der Waals surface area contributed by atoms with Gasteiger partial charge >= 0.3 is 5.97 Å². The number of anilines is 1. The predicted octanol–water partition coefficient (Wildman–Crippen LogP) is 0.423. The number of ether oxygens (including phenoxy) is 3. The molecule has 1 aliphatic rings. The maximum absolute atomic E-state index is 11.7. The largest absolute Gasteiger partial charge is 0.469 e. The maximum atomic E-state index is 11.7. The average Bonchev–Trinajstić information content (AvgIpc) is 2.98. The Morgan fingerprint density at radius 3 is 2.68 bits per heavy atom. The molecule has 0 bridgehead atoms. The van der Waals surface area contributed by atoms with E-state index in [2.05, 4.69) is 15.4 Å². The Hall–Kier alpha value is -2.77. The Morgan fingerprint density at radius 1 is 1.14 bits per heavy atom. The van der Waals surface area contributed by atoms with E-state index in [1.807, 2.05) is 0 Å². The molecule has 0 radical (unpaired) electrons. The molecule has 0 atom stereocenters. The van der Waals surface area contributed by atoms with Crippen LogP contribution in [0.5, 0.6) is 11.5 Å². The normalized spacial score (nSPS) is 11.7. The van der Waals surface area contributed by atoms with Crippen LogP contribution in [0.15, 0.2) is 18.2 Å². The van der Waals surface area contributed by atoms with E-state index in [0.29, 0.717) is 17.2 Å². The van der Waals surface area contributed by atoms with Crippen molar-refractivity contribution in [1.82, 2.24) is 5.32 Å². The molecule has 0 aromatic heterocycles. The highest BCUT2D eigenvalue weighted by Gasteiger charge is 2.14. The van der Waals surface area contributed by atoms with Crippen molar-refractivity contribution in [2.45, 2.75) is 12.8 Å². The molecule has 0 aliphatic carbocycles. The number of carbonyl (C=O) groups is 3. The molecule has 118 valence electrons. The lowest BCUT2D eigenvalue weighted by atomic mass is 10.2. The summed E-state index contributed by atoms with van der Waals surface area (Å²) in [6.45, 7) is -0.0303. The SMILES string of the molecule is COC(=O)CCC(=O)NCC(=O)Nc1ccc2c(c1)OCO2. The van der Waals surface area contributed by atoms with Crippen molar-refractivity contribution in [3.8, 4) is 11.5 Å². The van der Waals surface area contributed by atoms with Crippen LogP contribution in [0.4, 0.5) is 5.69 Å². The van der Waals surface area contributed by atoms with E-state index in [0.717, 1.165) is 0 Å². The third-order valence-corrected chi connectivity index (χ3v) is 2.89. The van der Waals surface area contributed by atoms with Crippen LogP contribution in [0.2, 0.25) is 0 Å². The number of hydrogen-bond acceptors (Lipinski definition) is 6. The van der Waals surface area contributed by atoms with Gasteiger partial charge in [0.05, 0.1) is 20.1 Å². The molecule has 2 amide bonds. The minimum atomic E-state index is -0.472. The van der Waals surface area contributed by atoms with E-state index in [4.69, 9.17) is 9.47 Å². The smallest absolute Gasteiger partial charge is 0.306 e. The lowest BCUT2D eigenvalue weighted by molar-refractivity contribution is -0.142. The molecule has 1 aliphatic heterocycles. The first-order chi connectivity index (χ1) is 10.6. The highest BCUT2D eigenvalue weighted by Crippen LogP contribution is 2.34. The third-order valence-electron chi connectivity index (χ3n) is 2.89. The van der Waals surface area contributed by atoms with Crippen LogP contribution in [0.1, 0.15) is 12.8 Å². The Morgan fingerprint density at radius 2 is 1.91 bits per heavy atom. The fourth-order valence-corrected chi connectivity index (χ4v) is 1.76. The van der Waals surface area contributed by atoms with Crippen molar-refractivity contribution in [1.29, 1.82) is 0 Å². The number of nitrogens with one attached hydrogen (secondary N) is 2. The van der Waals surface area contributed by atoms with Gasteiger partial charge in [-0.05, 0) is 12.1 Å². The first-order valence-corrected chi connectivity index (χ1v) is 6.61. The number of rotatable bonds is 6. The zero-order chi connectivity index (χ0) is 15.9. The van der Waals surface area contributed by atoms with E-state index in [1.54, 1.807) is 18.2 Å². The van der Waals surface area contributed by atoms with Gasteiger partial charge < -0.3 is 24.8 Å². The molecule has 8 heteroatoms. The minimum absolute atomic E-state index is 0.0217. The molecule has 1 aromatic carbocycles. The fraction of sp³-hybridized carbons (Fsp3) is 0.357. The summed E-state index contributed by atoms with van der Waals surface area (Å²) in [4.78, 5) is 34.0. The van der Waals surface area contributed by atoms with E-state index in [1.165, 1.54) is 7.11 Å². The topological polar surface area (TPSA) is 103 Å². The Kier molecular flexibility index (Phi) is 5.18. The van der Waals surface area contributed by atoms with Gasteiger partial charge in [0.2, 0.25) is 18.6 Å².